The first kappa shape index (κ1) is 20.2. The van der Waals surface area contributed by atoms with Gasteiger partial charge in [-0.3, -0.25) is 0 Å². The zero-order chi connectivity index (χ0) is 22.1. The molecule has 2 radical (unpaired) electrons. The summed E-state index contributed by atoms with van der Waals surface area (Å²) in [4.78, 5) is 0. The molecule has 0 bridgehead atoms. The molecule has 0 heterocycles. The van der Waals surface area contributed by atoms with Crippen LogP contribution in [0.15, 0.2) is 120 Å². The fourth-order valence-electron chi connectivity index (χ4n) is 5.38. The maximum absolute atomic E-state index is 2.48. The van der Waals surface area contributed by atoms with Crippen LogP contribution < -0.4 is 0 Å². The lowest BCUT2D eigenvalue weighted by atomic mass is 10.1. The van der Waals surface area contributed by atoms with Crippen molar-refractivity contribution in [3.05, 3.63) is 166 Å². The average Bonchev–Trinajstić information content (AvgIpc) is 3.50. The van der Waals surface area contributed by atoms with Crippen molar-refractivity contribution >= 4 is 20.2 Å². The van der Waals surface area contributed by atoms with Crippen molar-refractivity contribution < 1.29 is 0 Å². The predicted molar refractivity (Wildman–Crippen MR) is 142 cm³/mol. The van der Waals surface area contributed by atoms with Gasteiger partial charge in [-0.05, 0) is 34.3 Å². The van der Waals surface area contributed by atoms with E-state index >= 15 is 0 Å². The standard InChI is InChI=1S/C32H26Si/c1-3-11-25(12-4-1)23-33(24-26-13-5-2-6-14-26,31-19-27-15-7-8-16-28(27)20-31)32-21-29-17-9-10-18-30(29)22-32/h1-22H,23-24H2. The third kappa shape index (κ3) is 3.83. The van der Waals surface area contributed by atoms with Crippen LogP contribution in [0.1, 0.15) is 33.4 Å². The predicted octanol–water partition coefficient (Wildman–Crippen LogP) is 7.38. The van der Waals surface area contributed by atoms with Gasteiger partial charge in [-0.15, -0.1) is 0 Å². The van der Waals surface area contributed by atoms with Gasteiger partial charge in [0.15, 0.2) is 0 Å². The van der Waals surface area contributed by atoms with Crippen molar-refractivity contribution in [2.45, 2.75) is 12.1 Å². The van der Waals surface area contributed by atoms with Crippen LogP contribution in [-0.4, -0.2) is 8.07 Å². The lowest BCUT2D eigenvalue weighted by Crippen LogP contribution is -2.45. The molecule has 0 fully saturated rings. The summed E-state index contributed by atoms with van der Waals surface area (Å²) in [7, 11) is -2.20. The topological polar surface area (TPSA) is 0 Å². The molecule has 0 atom stereocenters. The van der Waals surface area contributed by atoms with Gasteiger partial charge < -0.3 is 0 Å². The normalized spacial score (nSPS) is 14.4. The van der Waals surface area contributed by atoms with Gasteiger partial charge in [0.25, 0.3) is 0 Å². The molecule has 2 aliphatic carbocycles. The summed E-state index contributed by atoms with van der Waals surface area (Å²) in [6.07, 6.45) is 9.91. The molecule has 0 saturated heterocycles. The summed E-state index contributed by atoms with van der Waals surface area (Å²) in [5.41, 5.74) is 8.25. The van der Waals surface area contributed by atoms with Crippen molar-refractivity contribution in [3.8, 4) is 0 Å². The van der Waals surface area contributed by atoms with Crippen LogP contribution in [0, 0.1) is 12.8 Å². The molecule has 158 valence electrons. The third-order valence-electron chi connectivity index (χ3n) is 7.04. The Labute approximate surface area is 198 Å². The molecule has 2 aliphatic rings. The number of rotatable bonds is 6. The van der Waals surface area contributed by atoms with Crippen LogP contribution in [0.3, 0.4) is 0 Å². The molecule has 0 aliphatic heterocycles. The Kier molecular flexibility index (Phi) is 5.20. The molecule has 6 rings (SSSR count). The Morgan fingerprint density at radius 3 is 1.15 bits per heavy atom. The van der Waals surface area contributed by atoms with Crippen LogP contribution in [0.2, 0.25) is 0 Å². The zero-order valence-corrected chi connectivity index (χ0v) is 19.6. The molecule has 0 N–H and O–H groups in total. The maximum atomic E-state index is 2.48. The lowest BCUT2D eigenvalue weighted by Gasteiger charge is -2.36. The van der Waals surface area contributed by atoms with Crippen LogP contribution in [0.4, 0.5) is 0 Å². The minimum absolute atomic E-state index is 1.09. The van der Waals surface area contributed by atoms with Crippen molar-refractivity contribution in [2.75, 3.05) is 0 Å². The summed E-state index contributed by atoms with van der Waals surface area (Å²) in [6, 6.07) is 42.0. The SMILES string of the molecule is [CH]1C([Si](Cc2ccccc2)(Cc2ccccc2)C2=Cc3ccccc3[CH]2)=Cc2ccccc21. The van der Waals surface area contributed by atoms with Gasteiger partial charge in [-0.2, -0.15) is 0 Å². The van der Waals surface area contributed by atoms with Crippen molar-refractivity contribution in [1.82, 2.24) is 0 Å². The minimum atomic E-state index is -2.20. The monoisotopic (exact) mass is 438 g/mol. The van der Waals surface area contributed by atoms with Gasteiger partial charge in [0, 0.05) is 12.8 Å². The van der Waals surface area contributed by atoms with E-state index in [1.807, 2.05) is 0 Å². The van der Waals surface area contributed by atoms with E-state index in [0.717, 1.165) is 12.1 Å². The number of fused-ring (bicyclic) bond motifs is 2. The van der Waals surface area contributed by atoms with Gasteiger partial charge >= 0.3 is 0 Å². The second-order valence-electron chi connectivity index (χ2n) is 9.15. The van der Waals surface area contributed by atoms with Crippen LogP contribution in [-0.2, 0) is 12.1 Å². The molecule has 0 aromatic heterocycles. The van der Waals surface area contributed by atoms with E-state index in [2.05, 4.69) is 134 Å². The summed E-state index contributed by atoms with van der Waals surface area (Å²) < 4.78 is 0. The second kappa shape index (κ2) is 8.50. The fraction of sp³-hybridized carbons (Fsp3) is 0.0625. The highest BCUT2D eigenvalue weighted by Gasteiger charge is 2.44. The summed E-state index contributed by atoms with van der Waals surface area (Å²) in [5, 5.41) is 3.07. The van der Waals surface area contributed by atoms with Gasteiger partial charge in [0.2, 0.25) is 0 Å². The van der Waals surface area contributed by atoms with E-state index in [9.17, 15) is 0 Å². The molecule has 0 saturated carbocycles. The average molecular weight is 439 g/mol. The van der Waals surface area contributed by atoms with E-state index in [1.165, 1.54) is 43.8 Å². The molecule has 1 heteroatoms. The Morgan fingerprint density at radius 2 is 0.758 bits per heavy atom. The van der Waals surface area contributed by atoms with E-state index in [1.54, 1.807) is 0 Å². The molecule has 0 unspecified atom stereocenters. The van der Waals surface area contributed by atoms with Crippen LogP contribution in [0.25, 0.3) is 12.2 Å². The number of hydrogen-bond donors (Lipinski definition) is 0. The van der Waals surface area contributed by atoms with Crippen LogP contribution in [0.5, 0.6) is 0 Å². The first-order valence-electron chi connectivity index (χ1n) is 11.7. The second-order valence-corrected chi connectivity index (χ2v) is 13.2. The van der Waals surface area contributed by atoms with E-state index in [4.69, 9.17) is 0 Å². The fourth-order valence-corrected chi connectivity index (χ4v) is 10.2. The zero-order valence-electron chi connectivity index (χ0n) is 18.6. The molecule has 33 heavy (non-hydrogen) atoms. The van der Waals surface area contributed by atoms with E-state index in [-0.39, 0.29) is 0 Å². The first-order chi connectivity index (χ1) is 16.3. The highest BCUT2D eigenvalue weighted by Crippen LogP contribution is 2.44. The molecule has 0 spiro atoms. The molecular weight excluding hydrogens is 412 g/mol. The minimum Gasteiger partial charge on any atom is -0.0664 e. The van der Waals surface area contributed by atoms with Crippen LogP contribution >= 0.6 is 0 Å². The number of hydrogen-bond acceptors (Lipinski definition) is 0. The molecule has 0 amide bonds. The van der Waals surface area contributed by atoms with Crippen molar-refractivity contribution in [1.29, 1.82) is 0 Å². The smallest absolute Gasteiger partial charge is 0.0664 e. The van der Waals surface area contributed by atoms with Gasteiger partial charge in [0.05, 0.1) is 0 Å². The van der Waals surface area contributed by atoms with Crippen molar-refractivity contribution in [3.63, 3.8) is 0 Å². The summed E-state index contributed by atoms with van der Waals surface area (Å²) in [6.45, 7) is 0. The highest BCUT2D eigenvalue weighted by atomic mass is 28.3. The van der Waals surface area contributed by atoms with Crippen molar-refractivity contribution in [2.24, 2.45) is 0 Å². The Bertz CT molecular complexity index is 1240. The Balaban J connectivity index is 1.53. The number of benzene rings is 4. The number of allylic oxidation sites excluding steroid dienone is 2. The van der Waals surface area contributed by atoms with Gasteiger partial charge in [-0.1, -0.05) is 143 Å². The summed E-state index contributed by atoms with van der Waals surface area (Å²) in [5.74, 6) is 0. The quantitative estimate of drug-likeness (QED) is 0.276. The Morgan fingerprint density at radius 1 is 0.394 bits per heavy atom. The first-order valence-corrected chi connectivity index (χ1v) is 14.1. The molecule has 0 nitrogen and oxygen atoms in total. The Hall–Kier alpha value is -3.42. The lowest BCUT2D eigenvalue weighted by molar-refractivity contribution is 1.21. The maximum Gasteiger partial charge on any atom is 0.119 e. The van der Waals surface area contributed by atoms with Gasteiger partial charge in [0.1, 0.15) is 8.07 Å². The van der Waals surface area contributed by atoms with E-state index in [0.29, 0.717) is 0 Å². The van der Waals surface area contributed by atoms with E-state index < -0.39 is 8.07 Å². The molecule has 4 aromatic carbocycles. The van der Waals surface area contributed by atoms with Gasteiger partial charge in [-0.25, -0.2) is 0 Å². The summed E-state index contributed by atoms with van der Waals surface area (Å²) >= 11 is 0. The third-order valence-corrected chi connectivity index (χ3v) is 11.8. The highest BCUT2D eigenvalue weighted by molar-refractivity contribution is 6.94. The molecule has 4 aromatic rings. The largest absolute Gasteiger partial charge is 0.119 e. The molecular formula is C32H26Si.